The molecule has 9 nitrogen and oxygen atoms in total. The average Bonchev–Trinajstić information content (AvgIpc) is 3.25. The highest BCUT2D eigenvalue weighted by Gasteiger charge is 2.15. The third kappa shape index (κ3) is 4.62. The van der Waals surface area contributed by atoms with Crippen molar-refractivity contribution in [2.24, 2.45) is 0 Å². The van der Waals surface area contributed by atoms with Gasteiger partial charge in [-0.25, -0.2) is 10.5 Å². The number of amides is 1. The minimum atomic E-state index is -0.614. The van der Waals surface area contributed by atoms with E-state index in [2.05, 4.69) is 25.5 Å². The van der Waals surface area contributed by atoms with Gasteiger partial charge in [0.05, 0.1) is 25.1 Å². The normalized spacial score (nSPS) is 13.7. The van der Waals surface area contributed by atoms with Crippen molar-refractivity contribution in [3.05, 3.63) is 51.8 Å². The molecule has 3 heterocycles. The van der Waals surface area contributed by atoms with E-state index < -0.39 is 5.91 Å². The molecule has 1 amide bonds. The summed E-state index contributed by atoms with van der Waals surface area (Å²) in [6, 6.07) is 9.68. The van der Waals surface area contributed by atoms with E-state index in [4.69, 9.17) is 21.5 Å². The minimum absolute atomic E-state index is 0.296. The molecule has 30 heavy (non-hydrogen) atoms. The van der Waals surface area contributed by atoms with Gasteiger partial charge in [-0.05, 0) is 35.7 Å². The SMILES string of the molecule is O=C(NO)c1sccc1Nc1nc(Nc2ccc(N3CCOCC3)cc2)ncc1Cl. The number of anilines is 5. The first-order chi connectivity index (χ1) is 14.6. The number of rotatable bonds is 6. The number of hydroxylamine groups is 1. The maximum Gasteiger partial charge on any atom is 0.286 e. The van der Waals surface area contributed by atoms with Crippen molar-refractivity contribution in [3.8, 4) is 0 Å². The Labute approximate surface area is 181 Å². The van der Waals surface area contributed by atoms with Crippen molar-refractivity contribution >= 4 is 57.7 Å². The Bertz CT molecular complexity index is 1020. The van der Waals surface area contributed by atoms with Crippen molar-refractivity contribution in [1.29, 1.82) is 0 Å². The lowest BCUT2D eigenvalue weighted by molar-refractivity contribution is 0.0712. The van der Waals surface area contributed by atoms with Crippen LogP contribution in [0.1, 0.15) is 9.67 Å². The Morgan fingerprint density at radius 2 is 1.93 bits per heavy atom. The summed E-state index contributed by atoms with van der Waals surface area (Å²) in [4.78, 5) is 22.9. The molecule has 2 aromatic heterocycles. The number of nitrogens with zero attached hydrogens (tertiary/aromatic N) is 3. The van der Waals surface area contributed by atoms with Crippen LogP contribution in [0.15, 0.2) is 41.9 Å². The van der Waals surface area contributed by atoms with E-state index in [1.807, 2.05) is 24.3 Å². The molecule has 1 aliphatic rings. The van der Waals surface area contributed by atoms with E-state index in [1.54, 1.807) is 16.9 Å². The molecule has 3 aromatic rings. The van der Waals surface area contributed by atoms with Gasteiger partial charge in [0.25, 0.3) is 5.91 Å². The molecule has 0 spiro atoms. The molecule has 0 saturated carbocycles. The molecule has 0 unspecified atom stereocenters. The molecule has 1 aromatic carbocycles. The van der Waals surface area contributed by atoms with Gasteiger partial charge in [-0.1, -0.05) is 11.6 Å². The Balaban J connectivity index is 1.48. The first-order valence-corrected chi connectivity index (χ1v) is 10.4. The number of thiophene rings is 1. The maximum absolute atomic E-state index is 11.7. The van der Waals surface area contributed by atoms with Gasteiger partial charge < -0.3 is 20.3 Å². The van der Waals surface area contributed by atoms with Crippen LogP contribution < -0.4 is 21.0 Å². The fourth-order valence-corrected chi connectivity index (χ4v) is 3.86. The zero-order valence-electron chi connectivity index (χ0n) is 15.8. The van der Waals surface area contributed by atoms with Crippen LogP contribution in [0.2, 0.25) is 5.02 Å². The predicted octanol–water partition coefficient (Wildman–Crippen LogP) is 3.63. The molecule has 156 valence electrons. The van der Waals surface area contributed by atoms with Gasteiger partial charge >= 0.3 is 0 Å². The number of hydrogen-bond acceptors (Lipinski definition) is 9. The summed E-state index contributed by atoms with van der Waals surface area (Å²) in [6.45, 7) is 3.22. The largest absolute Gasteiger partial charge is 0.378 e. The van der Waals surface area contributed by atoms with Crippen LogP contribution in [0.4, 0.5) is 28.8 Å². The summed E-state index contributed by atoms with van der Waals surface area (Å²) < 4.78 is 5.39. The quantitative estimate of drug-likeness (QED) is 0.335. The number of benzene rings is 1. The number of carbonyl (C=O) groups is 1. The number of nitrogens with one attached hydrogen (secondary N) is 3. The lowest BCUT2D eigenvalue weighted by Crippen LogP contribution is -2.36. The predicted molar refractivity (Wildman–Crippen MR) is 117 cm³/mol. The van der Waals surface area contributed by atoms with Gasteiger partial charge in [-0.2, -0.15) is 4.98 Å². The number of halogens is 1. The van der Waals surface area contributed by atoms with Crippen LogP contribution in [0.3, 0.4) is 0 Å². The van der Waals surface area contributed by atoms with E-state index in [-0.39, 0.29) is 0 Å². The van der Waals surface area contributed by atoms with Gasteiger partial charge in [-0.15, -0.1) is 11.3 Å². The van der Waals surface area contributed by atoms with E-state index in [0.717, 1.165) is 37.7 Å². The lowest BCUT2D eigenvalue weighted by atomic mass is 10.2. The van der Waals surface area contributed by atoms with Crippen LogP contribution in [-0.2, 0) is 4.74 Å². The summed E-state index contributed by atoms with van der Waals surface area (Å²) in [5.41, 5.74) is 4.07. The molecule has 11 heteroatoms. The summed E-state index contributed by atoms with van der Waals surface area (Å²) in [5.74, 6) is 0.0743. The molecular formula is C19H19ClN6O3S. The van der Waals surface area contributed by atoms with E-state index in [9.17, 15) is 4.79 Å². The Kier molecular flexibility index (Phi) is 6.29. The van der Waals surface area contributed by atoms with Gasteiger partial charge in [0.2, 0.25) is 5.95 Å². The van der Waals surface area contributed by atoms with Crippen LogP contribution >= 0.6 is 22.9 Å². The van der Waals surface area contributed by atoms with Gasteiger partial charge in [0, 0.05) is 24.5 Å². The molecule has 4 N–H and O–H groups in total. The minimum Gasteiger partial charge on any atom is -0.378 e. The number of morpholine rings is 1. The van der Waals surface area contributed by atoms with Crippen molar-refractivity contribution < 1.29 is 14.7 Å². The molecule has 0 aliphatic carbocycles. The number of aromatic nitrogens is 2. The van der Waals surface area contributed by atoms with E-state index >= 15 is 0 Å². The monoisotopic (exact) mass is 446 g/mol. The smallest absolute Gasteiger partial charge is 0.286 e. The first kappa shape index (κ1) is 20.4. The number of ether oxygens (including phenoxy) is 1. The Morgan fingerprint density at radius 1 is 1.17 bits per heavy atom. The molecule has 1 fully saturated rings. The van der Waals surface area contributed by atoms with Crippen LogP contribution in [0.25, 0.3) is 0 Å². The van der Waals surface area contributed by atoms with Crippen molar-refractivity contribution in [3.63, 3.8) is 0 Å². The summed E-state index contributed by atoms with van der Waals surface area (Å²) in [5, 5.41) is 17.0. The maximum atomic E-state index is 11.7. The number of carbonyl (C=O) groups excluding carboxylic acids is 1. The second kappa shape index (κ2) is 9.26. The zero-order chi connectivity index (χ0) is 20.9. The molecule has 0 atom stereocenters. The first-order valence-electron chi connectivity index (χ1n) is 9.15. The standard InChI is InChI=1S/C19H19ClN6O3S/c20-14-11-21-19(24-17(14)23-15-5-10-30-16(15)18(27)25-28)22-12-1-3-13(4-2-12)26-6-8-29-9-7-26/h1-5,10-11,28H,6-9H2,(H,25,27)(H2,21,22,23,24). The van der Waals surface area contributed by atoms with Crippen LogP contribution in [0, 0.1) is 0 Å². The van der Waals surface area contributed by atoms with Gasteiger partial charge in [0.15, 0.2) is 5.82 Å². The molecule has 0 radical (unpaired) electrons. The zero-order valence-corrected chi connectivity index (χ0v) is 17.3. The molecular weight excluding hydrogens is 428 g/mol. The second-order valence-corrected chi connectivity index (χ2v) is 7.71. The molecule has 1 saturated heterocycles. The van der Waals surface area contributed by atoms with E-state index in [1.165, 1.54) is 17.5 Å². The summed E-state index contributed by atoms with van der Waals surface area (Å²) in [7, 11) is 0. The summed E-state index contributed by atoms with van der Waals surface area (Å²) in [6.07, 6.45) is 1.47. The molecule has 4 rings (SSSR count). The average molecular weight is 447 g/mol. The molecule has 0 bridgehead atoms. The lowest BCUT2D eigenvalue weighted by Gasteiger charge is -2.28. The fourth-order valence-electron chi connectivity index (χ4n) is 2.98. The second-order valence-electron chi connectivity index (χ2n) is 6.39. The van der Waals surface area contributed by atoms with Gasteiger partial charge in [-0.3, -0.25) is 10.0 Å². The number of hydrogen-bond donors (Lipinski definition) is 4. The molecule has 1 aliphatic heterocycles. The van der Waals surface area contributed by atoms with Gasteiger partial charge in [0.1, 0.15) is 9.90 Å². The third-order valence-electron chi connectivity index (χ3n) is 4.47. The Hall–Kier alpha value is -2.92. The summed E-state index contributed by atoms with van der Waals surface area (Å²) >= 11 is 7.39. The van der Waals surface area contributed by atoms with Crippen molar-refractivity contribution in [2.45, 2.75) is 0 Å². The van der Waals surface area contributed by atoms with Crippen molar-refractivity contribution in [2.75, 3.05) is 41.8 Å². The third-order valence-corrected chi connectivity index (χ3v) is 5.66. The van der Waals surface area contributed by atoms with Crippen LogP contribution in [0.5, 0.6) is 0 Å². The highest BCUT2D eigenvalue weighted by molar-refractivity contribution is 7.12. The highest BCUT2D eigenvalue weighted by atomic mass is 35.5. The van der Waals surface area contributed by atoms with E-state index in [0.29, 0.717) is 27.4 Å². The topological polar surface area (TPSA) is 112 Å². The van der Waals surface area contributed by atoms with Crippen LogP contribution in [-0.4, -0.2) is 47.4 Å². The fraction of sp³-hybridized carbons (Fsp3) is 0.211. The van der Waals surface area contributed by atoms with Crippen molar-refractivity contribution in [1.82, 2.24) is 15.4 Å². The Morgan fingerprint density at radius 3 is 2.67 bits per heavy atom. The highest BCUT2D eigenvalue weighted by Crippen LogP contribution is 2.29.